The summed E-state index contributed by atoms with van der Waals surface area (Å²) in [6.45, 7) is 1.92. The van der Waals surface area contributed by atoms with Crippen LogP contribution in [-0.4, -0.2) is 9.38 Å². The quantitative estimate of drug-likeness (QED) is 0.829. The molecule has 0 saturated heterocycles. The van der Waals surface area contributed by atoms with Crippen molar-refractivity contribution in [2.45, 2.75) is 13.0 Å². The maximum atomic E-state index is 5.77. The number of rotatable bonds is 1. The van der Waals surface area contributed by atoms with E-state index in [1.807, 2.05) is 35.7 Å². The van der Waals surface area contributed by atoms with Gasteiger partial charge in [0.15, 0.2) is 0 Å². The SMILES string of the molecule is CC(N)c1nc2ccccn2c1Br. The normalized spacial score (nSPS) is 13.5. The molecule has 0 aliphatic rings. The lowest BCUT2D eigenvalue weighted by Gasteiger charge is -1.99. The Labute approximate surface area is 84.7 Å². The topological polar surface area (TPSA) is 43.3 Å². The average Bonchev–Trinajstić information content (AvgIpc) is 2.45. The largest absolute Gasteiger partial charge is 0.323 e. The van der Waals surface area contributed by atoms with Gasteiger partial charge in [0.1, 0.15) is 10.3 Å². The van der Waals surface area contributed by atoms with Crippen LogP contribution >= 0.6 is 15.9 Å². The van der Waals surface area contributed by atoms with Crippen LogP contribution in [0.25, 0.3) is 5.65 Å². The summed E-state index contributed by atoms with van der Waals surface area (Å²) >= 11 is 3.47. The van der Waals surface area contributed by atoms with Gasteiger partial charge in [-0.25, -0.2) is 4.98 Å². The molecule has 0 bridgehead atoms. The summed E-state index contributed by atoms with van der Waals surface area (Å²) < 4.78 is 2.91. The average molecular weight is 240 g/mol. The highest BCUT2D eigenvalue weighted by atomic mass is 79.9. The van der Waals surface area contributed by atoms with Crippen LogP contribution in [0.15, 0.2) is 29.0 Å². The van der Waals surface area contributed by atoms with E-state index in [1.54, 1.807) is 0 Å². The van der Waals surface area contributed by atoms with Crippen LogP contribution in [0.4, 0.5) is 0 Å². The molecule has 0 saturated carbocycles. The lowest BCUT2D eigenvalue weighted by Crippen LogP contribution is -2.05. The Kier molecular flexibility index (Phi) is 2.09. The number of aromatic nitrogens is 2. The fourth-order valence-corrected chi connectivity index (χ4v) is 2.02. The fourth-order valence-electron chi connectivity index (χ4n) is 1.27. The van der Waals surface area contributed by atoms with Gasteiger partial charge in [0.25, 0.3) is 0 Å². The van der Waals surface area contributed by atoms with Gasteiger partial charge < -0.3 is 5.73 Å². The molecule has 0 spiro atoms. The minimum atomic E-state index is -0.0470. The van der Waals surface area contributed by atoms with Crippen LogP contribution in [0.1, 0.15) is 18.7 Å². The maximum Gasteiger partial charge on any atom is 0.137 e. The zero-order valence-corrected chi connectivity index (χ0v) is 8.82. The standard InChI is InChI=1S/C9H10BrN3/c1-6(11)8-9(10)13-5-3-2-4-7(13)12-8/h2-6H,11H2,1H3. The van der Waals surface area contributed by atoms with Crippen molar-refractivity contribution in [3.8, 4) is 0 Å². The number of imidazole rings is 1. The minimum Gasteiger partial charge on any atom is -0.323 e. The van der Waals surface area contributed by atoms with Gasteiger partial charge in [0, 0.05) is 12.2 Å². The Hall–Kier alpha value is -0.870. The second kappa shape index (κ2) is 3.12. The number of hydrogen-bond acceptors (Lipinski definition) is 2. The van der Waals surface area contributed by atoms with Crippen molar-refractivity contribution >= 4 is 21.6 Å². The first-order valence-corrected chi connectivity index (χ1v) is 4.87. The molecule has 0 aliphatic carbocycles. The molecule has 68 valence electrons. The Morgan fingerprint density at radius 1 is 1.54 bits per heavy atom. The molecule has 1 unspecified atom stereocenters. The van der Waals surface area contributed by atoms with E-state index in [1.165, 1.54) is 0 Å². The predicted octanol–water partition coefficient (Wildman–Crippen LogP) is 2.12. The van der Waals surface area contributed by atoms with Crippen molar-refractivity contribution in [3.63, 3.8) is 0 Å². The second-order valence-electron chi connectivity index (χ2n) is 3.01. The molecule has 3 nitrogen and oxygen atoms in total. The highest BCUT2D eigenvalue weighted by Gasteiger charge is 2.11. The molecule has 0 radical (unpaired) electrons. The highest BCUT2D eigenvalue weighted by Crippen LogP contribution is 2.22. The third kappa shape index (κ3) is 1.36. The second-order valence-corrected chi connectivity index (χ2v) is 3.76. The number of nitrogens with two attached hydrogens (primary N) is 1. The van der Waals surface area contributed by atoms with Crippen LogP contribution in [0, 0.1) is 0 Å². The van der Waals surface area contributed by atoms with Gasteiger partial charge >= 0.3 is 0 Å². The molecule has 4 heteroatoms. The van der Waals surface area contributed by atoms with Gasteiger partial charge in [-0.05, 0) is 35.0 Å². The summed E-state index contributed by atoms with van der Waals surface area (Å²) in [7, 11) is 0. The van der Waals surface area contributed by atoms with Gasteiger partial charge in [-0.3, -0.25) is 4.40 Å². The van der Waals surface area contributed by atoms with E-state index < -0.39 is 0 Å². The van der Waals surface area contributed by atoms with Crippen LogP contribution in [0.5, 0.6) is 0 Å². The molecule has 0 aliphatic heterocycles. The number of fused-ring (bicyclic) bond motifs is 1. The van der Waals surface area contributed by atoms with Crippen LogP contribution in [-0.2, 0) is 0 Å². The third-order valence-electron chi connectivity index (χ3n) is 1.93. The van der Waals surface area contributed by atoms with Crippen molar-refractivity contribution in [1.29, 1.82) is 0 Å². The summed E-state index contributed by atoms with van der Waals surface area (Å²) in [6.07, 6.45) is 1.96. The number of halogens is 1. The van der Waals surface area contributed by atoms with Gasteiger partial charge in [-0.15, -0.1) is 0 Å². The minimum absolute atomic E-state index is 0.0470. The zero-order valence-electron chi connectivity index (χ0n) is 7.24. The van der Waals surface area contributed by atoms with Crippen LogP contribution in [0.2, 0.25) is 0 Å². The molecule has 0 fully saturated rings. The van der Waals surface area contributed by atoms with Crippen molar-refractivity contribution in [3.05, 3.63) is 34.7 Å². The first-order chi connectivity index (χ1) is 6.20. The first kappa shape index (κ1) is 8.72. The van der Waals surface area contributed by atoms with Gasteiger partial charge in [-0.2, -0.15) is 0 Å². The van der Waals surface area contributed by atoms with E-state index in [-0.39, 0.29) is 6.04 Å². The van der Waals surface area contributed by atoms with Crippen molar-refractivity contribution in [2.75, 3.05) is 0 Å². The zero-order chi connectivity index (χ0) is 9.42. The molecule has 2 rings (SSSR count). The first-order valence-electron chi connectivity index (χ1n) is 4.08. The summed E-state index contributed by atoms with van der Waals surface area (Å²) in [5.74, 6) is 0. The molecule has 13 heavy (non-hydrogen) atoms. The highest BCUT2D eigenvalue weighted by molar-refractivity contribution is 9.10. The van der Waals surface area contributed by atoms with Gasteiger partial charge in [0.05, 0.1) is 5.69 Å². The molecule has 2 N–H and O–H groups in total. The van der Waals surface area contributed by atoms with Gasteiger partial charge in [-0.1, -0.05) is 6.07 Å². The molecular weight excluding hydrogens is 230 g/mol. The molecular formula is C9H10BrN3. The van der Waals surface area contributed by atoms with E-state index >= 15 is 0 Å². The van der Waals surface area contributed by atoms with Gasteiger partial charge in [0.2, 0.25) is 0 Å². The Morgan fingerprint density at radius 2 is 2.31 bits per heavy atom. The van der Waals surface area contributed by atoms with Crippen molar-refractivity contribution < 1.29 is 0 Å². The third-order valence-corrected chi connectivity index (χ3v) is 2.72. The maximum absolute atomic E-state index is 5.77. The lowest BCUT2D eigenvalue weighted by molar-refractivity contribution is 0.784. The molecule has 0 aromatic carbocycles. The smallest absolute Gasteiger partial charge is 0.137 e. The predicted molar refractivity (Wildman–Crippen MR) is 55.5 cm³/mol. The van der Waals surface area contributed by atoms with E-state index in [0.717, 1.165) is 15.9 Å². The van der Waals surface area contributed by atoms with Crippen molar-refractivity contribution in [2.24, 2.45) is 5.73 Å². The van der Waals surface area contributed by atoms with Crippen LogP contribution < -0.4 is 5.73 Å². The molecule has 0 amide bonds. The summed E-state index contributed by atoms with van der Waals surface area (Å²) in [5, 5.41) is 0. The van der Waals surface area contributed by atoms with E-state index in [4.69, 9.17) is 5.73 Å². The fraction of sp³-hybridized carbons (Fsp3) is 0.222. The molecule has 2 heterocycles. The van der Waals surface area contributed by atoms with Crippen LogP contribution in [0.3, 0.4) is 0 Å². The summed E-state index contributed by atoms with van der Waals surface area (Å²) in [6, 6.07) is 5.83. The Morgan fingerprint density at radius 3 is 2.92 bits per heavy atom. The summed E-state index contributed by atoms with van der Waals surface area (Å²) in [5.41, 5.74) is 7.59. The van der Waals surface area contributed by atoms with Crippen molar-refractivity contribution in [1.82, 2.24) is 9.38 Å². The van der Waals surface area contributed by atoms with E-state index in [2.05, 4.69) is 20.9 Å². The monoisotopic (exact) mass is 239 g/mol. The Bertz CT molecular complexity index is 433. The number of nitrogens with zero attached hydrogens (tertiary/aromatic N) is 2. The summed E-state index contributed by atoms with van der Waals surface area (Å²) in [4.78, 5) is 4.40. The lowest BCUT2D eigenvalue weighted by atomic mass is 10.3. The molecule has 1 atom stereocenters. The van der Waals surface area contributed by atoms with E-state index in [0.29, 0.717) is 0 Å². The molecule has 2 aromatic rings. The number of hydrogen-bond donors (Lipinski definition) is 1. The molecule has 2 aromatic heterocycles. The Balaban J connectivity index is 2.74. The van der Waals surface area contributed by atoms with E-state index in [9.17, 15) is 0 Å². The number of pyridine rings is 1.